The number of carbonyl (C=O) groups is 1. The van der Waals surface area contributed by atoms with E-state index in [1.54, 1.807) is 42.5 Å². The summed E-state index contributed by atoms with van der Waals surface area (Å²) in [6.45, 7) is 3.42. The molecule has 0 bridgehead atoms. The lowest BCUT2D eigenvalue weighted by molar-refractivity contribution is -0.119. The smallest absolute Gasteiger partial charge is 0.264 e. The van der Waals surface area contributed by atoms with Crippen LogP contribution in [0, 0.1) is 26.2 Å². The van der Waals surface area contributed by atoms with Gasteiger partial charge in [-0.05, 0) is 55.3 Å². The van der Waals surface area contributed by atoms with Gasteiger partial charge in [0, 0.05) is 12.6 Å². The van der Waals surface area contributed by atoms with E-state index in [-0.39, 0.29) is 11.4 Å². The highest BCUT2D eigenvalue weighted by Gasteiger charge is 2.27. The summed E-state index contributed by atoms with van der Waals surface area (Å²) in [6.07, 6.45) is 5.41. The van der Waals surface area contributed by atoms with Crippen molar-refractivity contribution < 1.29 is 13.2 Å². The van der Waals surface area contributed by atoms with E-state index in [0.29, 0.717) is 11.3 Å². The number of benzene rings is 2. The van der Waals surface area contributed by atoms with Crippen LogP contribution in [0.3, 0.4) is 0 Å². The molecule has 0 fully saturated rings. The Morgan fingerprint density at radius 1 is 1.16 bits per heavy atom. The second-order valence-electron chi connectivity index (χ2n) is 5.63. The van der Waals surface area contributed by atoms with Gasteiger partial charge in [0.2, 0.25) is 5.91 Å². The molecule has 2 aromatic rings. The molecule has 5 nitrogen and oxygen atoms in total. The first kappa shape index (κ1) is 18.6. The second kappa shape index (κ2) is 7.41. The van der Waals surface area contributed by atoms with Gasteiger partial charge in [-0.1, -0.05) is 18.1 Å². The lowest BCUT2D eigenvalue weighted by Crippen LogP contribution is -2.39. The highest BCUT2D eigenvalue weighted by atomic mass is 32.2. The van der Waals surface area contributed by atoms with Gasteiger partial charge in [0.1, 0.15) is 6.54 Å². The van der Waals surface area contributed by atoms with Gasteiger partial charge < -0.3 is 5.32 Å². The first-order chi connectivity index (χ1) is 11.8. The van der Waals surface area contributed by atoms with Crippen LogP contribution in [0.2, 0.25) is 0 Å². The molecule has 0 aliphatic carbocycles. The molecule has 0 heterocycles. The van der Waals surface area contributed by atoms with Crippen molar-refractivity contribution in [2.24, 2.45) is 0 Å². The van der Waals surface area contributed by atoms with Gasteiger partial charge in [0.25, 0.3) is 10.0 Å². The number of terminal acetylenes is 1. The number of aryl methyl sites for hydroxylation is 2. The van der Waals surface area contributed by atoms with Crippen LogP contribution in [0.4, 0.5) is 5.69 Å². The van der Waals surface area contributed by atoms with Crippen LogP contribution in [0.25, 0.3) is 0 Å². The topological polar surface area (TPSA) is 66.5 Å². The van der Waals surface area contributed by atoms with E-state index in [4.69, 9.17) is 6.42 Å². The number of likely N-dealkylation sites (N-methyl/N-ethyl adjacent to an activating group) is 1. The van der Waals surface area contributed by atoms with Gasteiger partial charge in [-0.2, -0.15) is 0 Å². The molecule has 0 unspecified atom stereocenters. The average Bonchev–Trinajstić information content (AvgIpc) is 2.61. The number of nitrogens with zero attached hydrogens (tertiary/aromatic N) is 1. The maximum absolute atomic E-state index is 13.1. The van der Waals surface area contributed by atoms with Crippen LogP contribution in [-0.4, -0.2) is 27.9 Å². The molecule has 2 aromatic carbocycles. The molecule has 0 aromatic heterocycles. The Morgan fingerprint density at radius 3 is 2.48 bits per heavy atom. The number of carbonyl (C=O) groups excluding carboxylic acids is 1. The molecule has 1 amide bonds. The van der Waals surface area contributed by atoms with E-state index in [2.05, 4.69) is 11.2 Å². The Balaban J connectivity index is 2.59. The van der Waals surface area contributed by atoms with Crippen molar-refractivity contribution in [3.8, 4) is 12.3 Å². The molecule has 25 heavy (non-hydrogen) atoms. The third-order valence-electron chi connectivity index (χ3n) is 3.93. The van der Waals surface area contributed by atoms with Crippen LogP contribution in [0.1, 0.15) is 16.7 Å². The lowest BCUT2D eigenvalue weighted by atomic mass is 10.1. The van der Waals surface area contributed by atoms with Crippen LogP contribution >= 0.6 is 0 Å². The van der Waals surface area contributed by atoms with Crippen molar-refractivity contribution in [2.75, 3.05) is 17.9 Å². The second-order valence-corrected chi connectivity index (χ2v) is 7.49. The van der Waals surface area contributed by atoms with Gasteiger partial charge in [0.05, 0.1) is 10.6 Å². The van der Waals surface area contributed by atoms with Gasteiger partial charge in [-0.3, -0.25) is 9.10 Å². The van der Waals surface area contributed by atoms with Crippen molar-refractivity contribution in [3.05, 3.63) is 59.2 Å². The summed E-state index contributed by atoms with van der Waals surface area (Å²) in [6, 6.07) is 11.4. The molecule has 0 spiro atoms. The molecular weight excluding hydrogens is 336 g/mol. The molecule has 6 heteroatoms. The summed E-state index contributed by atoms with van der Waals surface area (Å²) >= 11 is 0. The van der Waals surface area contributed by atoms with Gasteiger partial charge >= 0.3 is 0 Å². The van der Waals surface area contributed by atoms with Crippen LogP contribution < -0.4 is 9.62 Å². The average molecular weight is 356 g/mol. The predicted molar refractivity (Wildman–Crippen MR) is 98.9 cm³/mol. The number of hydrogen-bond acceptors (Lipinski definition) is 3. The van der Waals surface area contributed by atoms with Gasteiger partial charge in [0.15, 0.2) is 0 Å². The molecule has 2 rings (SSSR count). The van der Waals surface area contributed by atoms with Crippen molar-refractivity contribution in [1.82, 2.24) is 5.32 Å². The lowest BCUT2D eigenvalue weighted by Gasteiger charge is -2.24. The zero-order chi connectivity index (χ0) is 18.6. The van der Waals surface area contributed by atoms with E-state index in [0.717, 1.165) is 15.4 Å². The van der Waals surface area contributed by atoms with E-state index in [1.807, 2.05) is 13.8 Å². The molecule has 130 valence electrons. The van der Waals surface area contributed by atoms with Gasteiger partial charge in [-0.15, -0.1) is 6.42 Å². The van der Waals surface area contributed by atoms with E-state index >= 15 is 0 Å². The minimum Gasteiger partial charge on any atom is -0.358 e. The minimum absolute atomic E-state index is 0.130. The number of nitrogens with one attached hydrogen (secondary N) is 1. The monoisotopic (exact) mass is 356 g/mol. The van der Waals surface area contributed by atoms with Crippen molar-refractivity contribution in [2.45, 2.75) is 18.7 Å². The maximum atomic E-state index is 13.1. The number of anilines is 1. The Kier molecular flexibility index (Phi) is 5.50. The highest BCUT2D eigenvalue weighted by molar-refractivity contribution is 7.92. The molecule has 1 N–H and O–H groups in total. The molecule has 0 saturated heterocycles. The fourth-order valence-corrected chi connectivity index (χ4v) is 3.78. The fraction of sp³-hybridized carbons (Fsp3) is 0.211. The minimum atomic E-state index is -3.92. The highest BCUT2D eigenvalue weighted by Crippen LogP contribution is 2.25. The number of hydrogen-bond donors (Lipinski definition) is 1. The Morgan fingerprint density at radius 2 is 1.88 bits per heavy atom. The number of amides is 1. The Labute approximate surface area is 148 Å². The van der Waals surface area contributed by atoms with Crippen LogP contribution in [-0.2, 0) is 14.8 Å². The van der Waals surface area contributed by atoms with Crippen molar-refractivity contribution in [1.29, 1.82) is 0 Å². The third kappa shape index (κ3) is 4.01. The SMILES string of the molecule is C#Cc1cccc(N(CC(=O)NC)S(=O)(=O)c2ccc(C)c(C)c2)c1. The summed E-state index contributed by atoms with van der Waals surface area (Å²) in [5, 5.41) is 2.45. The largest absolute Gasteiger partial charge is 0.358 e. The van der Waals surface area contributed by atoms with Crippen molar-refractivity contribution >= 4 is 21.6 Å². The molecule has 0 aliphatic rings. The molecular formula is C19H20N2O3S. The Hall–Kier alpha value is -2.78. The summed E-state index contributed by atoms with van der Waals surface area (Å²) in [5.41, 5.74) is 2.73. The zero-order valence-electron chi connectivity index (χ0n) is 14.4. The summed E-state index contributed by atoms with van der Waals surface area (Å²) in [5.74, 6) is 2.06. The van der Waals surface area contributed by atoms with Crippen LogP contribution in [0.15, 0.2) is 47.4 Å². The Bertz CT molecular complexity index is 943. The normalized spacial score (nSPS) is 10.8. The third-order valence-corrected chi connectivity index (χ3v) is 5.70. The van der Waals surface area contributed by atoms with E-state index < -0.39 is 15.9 Å². The number of rotatable bonds is 5. The van der Waals surface area contributed by atoms with Crippen LogP contribution in [0.5, 0.6) is 0 Å². The maximum Gasteiger partial charge on any atom is 0.264 e. The quantitative estimate of drug-likeness (QED) is 0.836. The van der Waals surface area contributed by atoms with E-state index in [9.17, 15) is 13.2 Å². The molecule has 0 radical (unpaired) electrons. The molecule has 0 aliphatic heterocycles. The molecule has 0 atom stereocenters. The first-order valence-electron chi connectivity index (χ1n) is 7.67. The zero-order valence-corrected chi connectivity index (χ0v) is 15.2. The fourth-order valence-electron chi connectivity index (χ4n) is 2.28. The first-order valence-corrected chi connectivity index (χ1v) is 9.11. The number of sulfonamides is 1. The summed E-state index contributed by atoms with van der Waals surface area (Å²) in [4.78, 5) is 12.0. The predicted octanol–water partition coefficient (Wildman–Crippen LogP) is 2.23. The van der Waals surface area contributed by atoms with Crippen molar-refractivity contribution in [3.63, 3.8) is 0 Å². The summed E-state index contributed by atoms with van der Waals surface area (Å²) < 4.78 is 27.3. The van der Waals surface area contributed by atoms with E-state index in [1.165, 1.54) is 7.05 Å². The summed E-state index contributed by atoms with van der Waals surface area (Å²) in [7, 11) is -2.46. The van der Waals surface area contributed by atoms with Gasteiger partial charge in [-0.25, -0.2) is 8.42 Å². The molecule has 0 saturated carbocycles. The standard InChI is InChI=1S/C19H20N2O3S/c1-5-16-7-6-8-17(12-16)21(13-19(22)20-4)25(23,24)18-10-9-14(2)15(3)11-18/h1,6-12H,13H2,2-4H3,(H,20,22).